The third-order valence-electron chi connectivity index (χ3n) is 2.85. The number of benzene rings is 2. The lowest BCUT2D eigenvalue weighted by atomic mass is 10.1. The molecule has 0 amide bonds. The SMILES string of the molecule is C#CCNCCNc1ccc(-c2ccccc2)cc1. The van der Waals surface area contributed by atoms with Crippen LogP contribution in [0.25, 0.3) is 11.1 Å². The van der Waals surface area contributed by atoms with Crippen LogP contribution in [0.15, 0.2) is 54.6 Å². The topological polar surface area (TPSA) is 24.1 Å². The number of nitrogens with one attached hydrogen (secondary N) is 2. The van der Waals surface area contributed by atoms with Crippen molar-refractivity contribution in [3.8, 4) is 23.5 Å². The van der Waals surface area contributed by atoms with Crippen LogP contribution in [0, 0.1) is 12.3 Å². The second kappa shape index (κ2) is 7.25. The summed E-state index contributed by atoms with van der Waals surface area (Å²) in [4.78, 5) is 0. The molecule has 2 aromatic rings. The Labute approximate surface area is 114 Å². The van der Waals surface area contributed by atoms with E-state index in [4.69, 9.17) is 6.42 Å². The van der Waals surface area contributed by atoms with Gasteiger partial charge in [0.1, 0.15) is 0 Å². The van der Waals surface area contributed by atoms with Gasteiger partial charge in [-0.2, -0.15) is 0 Å². The Balaban J connectivity index is 1.87. The minimum absolute atomic E-state index is 0.620. The van der Waals surface area contributed by atoms with Crippen LogP contribution in [0.2, 0.25) is 0 Å². The third-order valence-corrected chi connectivity index (χ3v) is 2.85. The molecule has 2 aromatic carbocycles. The van der Waals surface area contributed by atoms with Gasteiger partial charge in [-0.25, -0.2) is 0 Å². The van der Waals surface area contributed by atoms with Crippen molar-refractivity contribution in [3.05, 3.63) is 54.6 Å². The second-order valence-corrected chi connectivity index (χ2v) is 4.25. The Morgan fingerprint density at radius 2 is 1.53 bits per heavy atom. The van der Waals surface area contributed by atoms with Crippen LogP contribution in [-0.4, -0.2) is 19.6 Å². The summed E-state index contributed by atoms with van der Waals surface area (Å²) in [6.45, 7) is 2.35. The molecular weight excluding hydrogens is 232 g/mol. The average Bonchev–Trinajstić information content (AvgIpc) is 2.49. The van der Waals surface area contributed by atoms with Crippen LogP contribution in [-0.2, 0) is 0 Å². The van der Waals surface area contributed by atoms with Gasteiger partial charge in [0, 0.05) is 18.8 Å². The number of hydrogen-bond acceptors (Lipinski definition) is 2. The molecule has 2 N–H and O–H groups in total. The summed E-state index contributed by atoms with van der Waals surface area (Å²) in [5, 5.41) is 6.50. The molecule has 0 aromatic heterocycles. The van der Waals surface area contributed by atoms with E-state index in [-0.39, 0.29) is 0 Å². The predicted molar refractivity (Wildman–Crippen MR) is 82.1 cm³/mol. The van der Waals surface area contributed by atoms with E-state index >= 15 is 0 Å². The molecule has 0 spiro atoms. The summed E-state index contributed by atoms with van der Waals surface area (Å²) >= 11 is 0. The average molecular weight is 250 g/mol. The Bertz CT molecular complexity index is 523. The van der Waals surface area contributed by atoms with Crippen LogP contribution in [0.4, 0.5) is 5.69 Å². The molecule has 0 aliphatic carbocycles. The maximum absolute atomic E-state index is 5.16. The van der Waals surface area contributed by atoms with Gasteiger partial charge < -0.3 is 10.6 Å². The van der Waals surface area contributed by atoms with Crippen molar-refractivity contribution in [1.82, 2.24) is 5.32 Å². The van der Waals surface area contributed by atoms with E-state index in [2.05, 4.69) is 65.1 Å². The number of hydrogen-bond donors (Lipinski definition) is 2. The fraction of sp³-hybridized carbons (Fsp3) is 0.176. The molecule has 2 heteroatoms. The van der Waals surface area contributed by atoms with Crippen molar-refractivity contribution in [2.75, 3.05) is 25.0 Å². The largest absolute Gasteiger partial charge is 0.384 e. The minimum atomic E-state index is 0.620. The minimum Gasteiger partial charge on any atom is -0.384 e. The van der Waals surface area contributed by atoms with E-state index < -0.39 is 0 Å². The molecular formula is C17H18N2. The quantitative estimate of drug-likeness (QED) is 0.608. The van der Waals surface area contributed by atoms with Crippen LogP contribution in [0.5, 0.6) is 0 Å². The Kier molecular flexibility index (Phi) is 5.04. The molecule has 0 fully saturated rings. The highest BCUT2D eigenvalue weighted by molar-refractivity contribution is 5.65. The second-order valence-electron chi connectivity index (χ2n) is 4.25. The van der Waals surface area contributed by atoms with E-state index in [1.165, 1.54) is 11.1 Å². The highest BCUT2D eigenvalue weighted by Crippen LogP contribution is 2.20. The predicted octanol–water partition coefficient (Wildman–Crippen LogP) is 2.99. The van der Waals surface area contributed by atoms with Crippen molar-refractivity contribution in [3.63, 3.8) is 0 Å². The van der Waals surface area contributed by atoms with Gasteiger partial charge in [0.2, 0.25) is 0 Å². The van der Waals surface area contributed by atoms with E-state index in [1.807, 2.05) is 6.07 Å². The van der Waals surface area contributed by atoms with Gasteiger partial charge in [-0.1, -0.05) is 48.4 Å². The first-order valence-electron chi connectivity index (χ1n) is 6.43. The van der Waals surface area contributed by atoms with Crippen LogP contribution in [0.1, 0.15) is 0 Å². The zero-order valence-electron chi connectivity index (χ0n) is 10.9. The summed E-state index contributed by atoms with van der Waals surface area (Å²) in [5.41, 5.74) is 3.60. The molecule has 0 atom stereocenters. The fourth-order valence-electron chi connectivity index (χ4n) is 1.87. The molecule has 0 bridgehead atoms. The van der Waals surface area contributed by atoms with Crippen molar-refractivity contribution in [1.29, 1.82) is 0 Å². The molecule has 0 heterocycles. The lowest BCUT2D eigenvalue weighted by Crippen LogP contribution is -2.22. The summed E-state index contributed by atoms with van der Waals surface area (Å²) in [6.07, 6.45) is 5.16. The van der Waals surface area contributed by atoms with Gasteiger partial charge in [0.15, 0.2) is 0 Å². The molecule has 19 heavy (non-hydrogen) atoms. The lowest BCUT2D eigenvalue weighted by Gasteiger charge is -2.08. The van der Waals surface area contributed by atoms with E-state index in [0.29, 0.717) is 6.54 Å². The molecule has 0 aliphatic rings. The van der Waals surface area contributed by atoms with E-state index in [9.17, 15) is 0 Å². The normalized spacial score (nSPS) is 9.84. The molecule has 96 valence electrons. The molecule has 0 saturated carbocycles. The monoisotopic (exact) mass is 250 g/mol. The highest BCUT2D eigenvalue weighted by atomic mass is 14.9. The molecule has 2 nitrogen and oxygen atoms in total. The molecule has 0 unspecified atom stereocenters. The third kappa shape index (κ3) is 4.17. The van der Waals surface area contributed by atoms with Crippen LogP contribution in [0.3, 0.4) is 0 Å². The summed E-state index contributed by atoms with van der Waals surface area (Å²) < 4.78 is 0. The Hall–Kier alpha value is -2.24. The lowest BCUT2D eigenvalue weighted by molar-refractivity contribution is 0.780. The van der Waals surface area contributed by atoms with Gasteiger partial charge in [-0.3, -0.25) is 0 Å². The van der Waals surface area contributed by atoms with Crippen molar-refractivity contribution in [2.24, 2.45) is 0 Å². The van der Waals surface area contributed by atoms with Crippen molar-refractivity contribution < 1.29 is 0 Å². The maximum Gasteiger partial charge on any atom is 0.0574 e. The molecule has 0 aliphatic heterocycles. The maximum atomic E-state index is 5.16. The summed E-state index contributed by atoms with van der Waals surface area (Å²) in [6, 6.07) is 18.8. The van der Waals surface area contributed by atoms with E-state index in [0.717, 1.165) is 18.8 Å². The smallest absolute Gasteiger partial charge is 0.0574 e. The zero-order chi connectivity index (χ0) is 13.3. The van der Waals surface area contributed by atoms with Crippen molar-refractivity contribution >= 4 is 5.69 Å². The van der Waals surface area contributed by atoms with Crippen LogP contribution >= 0.6 is 0 Å². The summed E-state index contributed by atoms with van der Waals surface area (Å²) in [5.74, 6) is 2.55. The first kappa shape index (κ1) is 13.2. The first-order valence-corrected chi connectivity index (χ1v) is 6.43. The van der Waals surface area contributed by atoms with Gasteiger partial charge >= 0.3 is 0 Å². The van der Waals surface area contributed by atoms with Gasteiger partial charge in [0.25, 0.3) is 0 Å². The molecule has 0 radical (unpaired) electrons. The fourth-order valence-corrected chi connectivity index (χ4v) is 1.87. The molecule has 0 saturated heterocycles. The van der Waals surface area contributed by atoms with Crippen molar-refractivity contribution in [2.45, 2.75) is 0 Å². The van der Waals surface area contributed by atoms with Crippen LogP contribution < -0.4 is 10.6 Å². The van der Waals surface area contributed by atoms with Gasteiger partial charge in [-0.15, -0.1) is 6.42 Å². The first-order chi connectivity index (χ1) is 9.40. The standard InChI is InChI=1S/C17H18N2/c1-2-12-18-13-14-19-17-10-8-16(9-11-17)15-6-4-3-5-7-15/h1,3-11,18-19H,12-14H2. The highest BCUT2D eigenvalue weighted by Gasteiger charge is 1.96. The Morgan fingerprint density at radius 1 is 0.842 bits per heavy atom. The van der Waals surface area contributed by atoms with E-state index in [1.54, 1.807) is 0 Å². The van der Waals surface area contributed by atoms with Gasteiger partial charge in [0.05, 0.1) is 6.54 Å². The van der Waals surface area contributed by atoms with Gasteiger partial charge in [-0.05, 0) is 23.3 Å². The Morgan fingerprint density at radius 3 is 2.21 bits per heavy atom. The summed E-state index contributed by atoms with van der Waals surface area (Å²) in [7, 11) is 0. The molecule has 2 rings (SSSR count). The number of rotatable bonds is 6. The zero-order valence-corrected chi connectivity index (χ0v) is 10.9. The number of terminal acetylenes is 1. The number of anilines is 1.